The summed E-state index contributed by atoms with van der Waals surface area (Å²) in [7, 11) is -6.20. The zero-order valence-electron chi connectivity index (χ0n) is 20.3. The van der Waals surface area contributed by atoms with Gasteiger partial charge in [-0.15, -0.1) is 0 Å². The number of rotatable bonds is 6. The minimum Gasteiger partial charge on any atom is -0.376 e. The molecule has 1 aromatic heterocycles. The molecule has 5 rings (SSSR count). The molecular weight excluding hydrogens is 604 g/mol. The van der Waals surface area contributed by atoms with Gasteiger partial charge in [-0.1, -0.05) is 6.07 Å². The van der Waals surface area contributed by atoms with Crippen molar-refractivity contribution < 1.29 is 47.7 Å². The van der Waals surface area contributed by atoms with Crippen molar-refractivity contribution in [2.45, 2.75) is 18.2 Å². The van der Waals surface area contributed by atoms with E-state index >= 15 is 0 Å². The lowest BCUT2D eigenvalue weighted by Crippen LogP contribution is -2.28. The Balaban J connectivity index is 1.39. The van der Waals surface area contributed by atoms with Crippen LogP contribution in [0.25, 0.3) is 34.0 Å². The molecule has 0 saturated carbocycles. The van der Waals surface area contributed by atoms with Gasteiger partial charge in [0.2, 0.25) is 0 Å². The van der Waals surface area contributed by atoms with Crippen LogP contribution in [0.5, 0.6) is 5.75 Å². The Hall–Kier alpha value is -4.74. The molecule has 3 heterocycles. The Bertz CT molecular complexity index is 1860. The van der Waals surface area contributed by atoms with Gasteiger partial charge in [-0.05, 0) is 42.5 Å². The average molecular weight is 616 g/mol. The third-order valence-corrected chi connectivity index (χ3v) is 6.59. The fraction of sp³-hybridized carbons (Fsp3) is 0.125. The Morgan fingerprint density at radius 1 is 0.833 bits per heavy atom. The van der Waals surface area contributed by atoms with Gasteiger partial charge in [0.15, 0.2) is 17.5 Å². The number of fused-ring (bicyclic) bond motifs is 1. The number of imidazole rings is 1. The Morgan fingerprint density at radius 3 is 2.24 bits per heavy atom. The molecule has 9 nitrogen and oxygen atoms in total. The van der Waals surface area contributed by atoms with E-state index in [1.807, 2.05) is 0 Å². The minimum atomic E-state index is -6.20. The molecule has 0 amide bonds. The maximum absolute atomic E-state index is 14.1. The molecule has 0 radical (unpaired) electrons. The summed E-state index contributed by atoms with van der Waals surface area (Å²) >= 11 is 0. The van der Waals surface area contributed by atoms with Crippen LogP contribution >= 0.6 is 0 Å². The maximum atomic E-state index is 14.1. The fourth-order valence-corrected chi connectivity index (χ4v) is 4.16. The number of halogens is 8. The van der Waals surface area contributed by atoms with E-state index in [0.29, 0.717) is 12.1 Å². The lowest BCUT2D eigenvalue weighted by atomic mass is 10.0. The second kappa shape index (κ2) is 10.3. The van der Waals surface area contributed by atoms with Gasteiger partial charge in [-0.25, -0.2) is 18.7 Å². The molecule has 42 heavy (non-hydrogen) atoms. The molecule has 0 fully saturated rings. The largest absolute Gasteiger partial charge is 0.534 e. The third-order valence-electron chi connectivity index (χ3n) is 5.61. The summed E-state index contributed by atoms with van der Waals surface area (Å²) < 4.78 is 134. The van der Waals surface area contributed by atoms with Crippen LogP contribution in [0.15, 0.2) is 60.9 Å². The zero-order chi connectivity index (χ0) is 30.4. The van der Waals surface area contributed by atoms with Crippen LogP contribution in [-0.4, -0.2) is 43.9 Å². The second-order valence-electron chi connectivity index (χ2n) is 8.49. The SMILES string of the molecule is O=S(=O)(Oc1ccc(-c2ccc(Cn3cc4nc(-c5cccc(F)c5F)nc-4cn3)nn2)c(C(F)(F)F)c1)C(F)(F)F. The minimum absolute atomic E-state index is 0.0477. The quantitative estimate of drug-likeness (QED) is 0.140. The molecule has 0 spiro atoms. The molecule has 0 atom stereocenters. The van der Waals surface area contributed by atoms with Crippen molar-refractivity contribution in [1.29, 1.82) is 0 Å². The topological polar surface area (TPSA) is 113 Å². The summed E-state index contributed by atoms with van der Waals surface area (Å²) in [4.78, 5) is 8.32. The summed E-state index contributed by atoms with van der Waals surface area (Å²) in [5, 5.41) is 11.7. The van der Waals surface area contributed by atoms with Crippen molar-refractivity contribution in [2.24, 2.45) is 0 Å². The van der Waals surface area contributed by atoms with E-state index < -0.39 is 50.3 Å². The third kappa shape index (κ3) is 5.69. The van der Waals surface area contributed by atoms with E-state index in [9.17, 15) is 43.5 Å². The van der Waals surface area contributed by atoms with Gasteiger partial charge in [0.05, 0.1) is 41.5 Å². The smallest absolute Gasteiger partial charge is 0.376 e. The maximum Gasteiger partial charge on any atom is 0.534 e. The van der Waals surface area contributed by atoms with E-state index in [2.05, 4.69) is 29.4 Å². The van der Waals surface area contributed by atoms with Crippen molar-refractivity contribution in [3.63, 3.8) is 0 Å². The Labute approximate surface area is 229 Å². The van der Waals surface area contributed by atoms with Crippen LogP contribution in [0, 0.1) is 11.6 Å². The molecule has 3 aromatic rings. The summed E-state index contributed by atoms with van der Waals surface area (Å²) in [5.41, 5.74) is -7.67. The van der Waals surface area contributed by atoms with Gasteiger partial charge in [0.1, 0.15) is 17.1 Å². The standard InChI is InChI=1S/C24H12F8N6O3S/c25-17-3-1-2-15(21(17)26)22-34-19-9-33-38(11-20(19)35-22)10-12-4-7-18(37-36-12)14-6-5-13(8-16(14)23(27,28)29)41-42(39,40)24(30,31)32/h1-9,11H,10H2. The van der Waals surface area contributed by atoms with Crippen molar-refractivity contribution in [3.8, 4) is 39.8 Å². The monoisotopic (exact) mass is 616 g/mol. The van der Waals surface area contributed by atoms with Crippen molar-refractivity contribution in [1.82, 2.24) is 29.9 Å². The number of benzene rings is 2. The molecule has 2 aromatic carbocycles. The van der Waals surface area contributed by atoms with Crippen molar-refractivity contribution >= 4 is 10.1 Å². The molecule has 2 aliphatic heterocycles. The molecule has 0 unspecified atom stereocenters. The zero-order valence-corrected chi connectivity index (χ0v) is 21.1. The predicted octanol–water partition coefficient (Wildman–Crippen LogP) is 5.48. The van der Waals surface area contributed by atoms with E-state index in [1.165, 1.54) is 35.3 Å². The van der Waals surface area contributed by atoms with E-state index in [-0.39, 0.29) is 46.8 Å². The molecule has 0 bridgehead atoms. The van der Waals surface area contributed by atoms with Crippen LogP contribution in [0.1, 0.15) is 11.3 Å². The van der Waals surface area contributed by atoms with Gasteiger partial charge >= 0.3 is 21.8 Å². The second-order valence-corrected chi connectivity index (χ2v) is 10.0. The van der Waals surface area contributed by atoms with Gasteiger partial charge in [-0.2, -0.15) is 50.1 Å². The highest BCUT2D eigenvalue weighted by Crippen LogP contribution is 2.39. The van der Waals surface area contributed by atoms with Gasteiger partial charge < -0.3 is 4.18 Å². The summed E-state index contributed by atoms with van der Waals surface area (Å²) in [6, 6.07) is 7.44. The van der Waals surface area contributed by atoms with Gasteiger partial charge in [-0.3, -0.25) is 4.68 Å². The highest BCUT2D eigenvalue weighted by Gasteiger charge is 2.49. The predicted molar refractivity (Wildman–Crippen MR) is 127 cm³/mol. The van der Waals surface area contributed by atoms with Crippen LogP contribution < -0.4 is 4.18 Å². The highest BCUT2D eigenvalue weighted by molar-refractivity contribution is 7.88. The first-order valence-corrected chi connectivity index (χ1v) is 12.7. The number of hydrogen-bond donors (Lipinski definition) is 0. The molecule has 2 aliphatic rings. The first-order valence-electron chi connectivity index (χ1n) is 11.3. The first-order chi connectivity index (χ1) is 19.6. The molecule has 0 saturated heterocycles. The summed E-state index contributed by atoms with van der Waals surface area (Å²) in [5.74, 6) is -3.47. The normalized spacial score (nSPS) is 12.6. The Kier molecular flexibility index (Phi) is 7.04. The molecule has 218 valence electrons. The van der Waals surface area contributed by atoms with Crippen LogP contribution in [-0.2, 0) is 22.8 Å². The summed E-state index contributed by atoms with van der Waals surface area (Å²) in [6.45, 7) is -0.0477. The first kappa shape index (κ1) is 28.8. The van der Waals surface area contributed by atoms with Crippen molar-refractivity contribution in [3.05, 3.63) is 83.8 Å². The number of nitrogens with zero attached hydrogens (tertiary/aromatic N) is 6. The molecule has 0 aliphatic carbocycles. The van der Waals surface area contributed by atoms with Crippen LogP contribution in [0.3, 0.4) is 0 Å². The molecule has 0 N–H and O–H groups in total. The average Bonchev–Trinajstić information content (AvgIpc) is 3.32. The van der Waals surface area contributed by atoms with E-state index in [0.717, 1.165) is 12.1 Å². The van der Waals surface area contributed by atoms with E-state index in [4.69, 9.17) is 0 Å². The number of hydrogen-bond acceptors (Lipinski definition) is 8. The van der Waals surface area contributed by atoms with Crippen LogP contribution in [0.2, 0.25) is 0 Å². The lowest BCUT2D eigenvalue weighted by molar-refractivity contribution is -0.137. The summed E-state index contributed by atoms with van der Waals surface area (Å²) in [6.07, 6.45) is -2.39. The Morgan fingerprint density at radius 2 is 1.57 bits per heavy atom. The molecular formula is C24H12F8N6O3S. The molecule has 18 heteroatoms. The van der Waals surface area contributed by atoms with Crippen molar-refractivity contribution in [2.75, 3.05) is 0 Å². The highest BCUT2D eigenvalue weighted by atomic mass is 32.2. The van der Waals surface area contributed by atoms with Crippen LogP contribution in [0.4, 0.5) is 35.1 Å². The van der Waals surface area contributed by atoms with E-state index in [1.54, 1.807) is 0 Å². The number of aromatic nitrogens is 6. The lowest BCUT2D eigenvalue weighted by Gasteiger charge is -2.15. The fourth-order valence-electron chi connectivity index (χ4n) is 3.71. The van der Waals surface area contributed by atoms with Gasteiger partial charge in [0, 0.05) is 5.56 Å². The van der Waals surface area contributed by atoms with Gasteiger partial charge in [0.25, 0.3) is 0 Å². The number of alkyl halides is 6.